The van der Waals surface area contributed by atoms with Gasteiger partial charge in [-0.2, -0.15) is 0 Å². The molecule has 1 aromatic carbocycles. The zero-order valence-corrected chi connectivity index (χ0v) is 13.6. The topological polar surface area (TPSA) is 78.9 Å². The Labute approximate surface area is 136 Å². The Morgan fingerprint density at radius 3 is 2.70 bits per heavy atom. The monoisotopic (exact) mass is 320 g/mol. The van der Waals surface area contributed by atoms with Crippen LogP contribution in [0.3, 0.4) is 0 Å². The number of benzene rings is 1. The van der Waals surface area contributed by atoms with Crippen LogP contribution in [0.4, 0.5) is 0 Å². The molecule has 1 atom stereocenters. The standard InChI is InChI=1S/C17H24N2O4/c1-12(2)9-15-17(22)18-7-8-19(15)16(21)11-23-14-5-3-13(10-20)4-6-14/h3-6,12,15,20H,7-11H2,1-2H3,(H,18,22)/t15-/m0/s1. The van der Waals surface area contributed by atoms with Crippen LogP contribution in [0.2, 0.25) is 0 Å². The molecule has 2 rings (SSSR count). The van der Waals surface area contributed by atoms with Crippen LogP contribution < -0.4 is 10.1 Å². The third kappa shape index (κ3) is 4.69. The largest absolute Gasteiger partial charge is 0.484 e. The molecular weight excluding hydrogens is 296 g/mol. The molecule has 1 aliphatic heterocycles. The zero-order chi connectivity index (χ0) is 16.8. The van der Waals surface area contributed by atoms with Crippen molar-refractivity contribution in [3.8, 4) is 5.75 Å². The first-order valence-corrected chi connectivity index (χ1v) is 7.91. The molecule has 0 spiro atoms. The number of piperazine rings is 1. The van der Waals surface area contributed by atoms with Crippen LogP contribution in [0, 0.1) is 5.92 Å². The summed E-state index contributed by atoms with van der Waals surface area (Å²) in [6.45, 7) is 4.92. The number of hydrogen-bond donors (Lipinski definition) is 2. The average molecular weight is 320 g/mol. The maximum absolute atomic E-state index is 12.4. The summed E-state index contributed by atoms with van der Waals surface area (Å²) in [7, 11) is 0. The molecule has 2 amide bonds. The van der Waals surface area contributed by atoms with Gasteiger partial charge in [-0.05, 0) is 30.0 Å². The molecule has 0 unspecified atom stereocenters. The number of carbonyl (C=O) groups excluding carboxylic acids is 2. The minimum Gasteiger partial charge on any atom is -0.484 e. The van der Waals surface area contributed by atoms with Crippen LogP contribution in [0.15, 0.2) is 24.3 Å². The Hall–Kier alpha value is -2.08. The summed E-state index contributed by atoms with van der Waals surface area (Å²) in [5.74, 6) is 0.617. The summed E-state index contributed by atoms with van der Waals surface area (Å²) < 4.78 is 5.50. The molecule has 0 saturated carbocycles. The van der Waals surface area contributed by atoms with Gasteiger partial charge in [0.25, 0.3) is 5.91 Å². The van der Waals surface area contributed by atoms with Gasteiger partial charge in [-0.25, -0.2) is 0 Å². The number of ether oxygens (including phenoxy) is 1. The van der Waals surface area contributed by atoms with E-state index in [-0.39, 0.29) is 25.0 Å². The van der Waals surface area contributed by atoms with Crippen molar-refractivity contribution >= 4 is 11.8 Å². The van der Waals surface area contributed by atoms with Gasteiger partial charge in [0.2, 0.25) is 5.91 Å². The summed E-state index contributed by atoms with van der Waals surface area (Å²) in [6, 6.07) is 6.50. The number of nitrogens with zero attached hydrogens (tertiary/aromatic N) is 1. The Morgan fingerprint density at radius 2 is 2.09 bits per heavy atom. The van der Waals surface area contributed by atoms with Gasteiger partial charge in [0, 0.05) is 13.1 Å². The summed E-state index contributed by atoms with van der Waals surface area (Å²) in [5.41, 5.74) is 0.786. The van der Waals surface area contributed by atoms with Crippen molar-refractivity contribution in [2.24, 2.45) is 5.92 Å². The second-order valence-electron chi connectivity index (χ2n) is 6.11. The molecule has 23 heavy (non-hydrogen) atoms. The Kier molecular flexibility index (Phi) is 5.98. The summed E-state index contributed by atoms with van der Waals surface area (Å²) >= 11 is 0. The van der Waals surface area contributed by atoms with Crippen LogP contribution in [0.25, 0.3) is 0 Å². The number of hydrogen-bond acceptors (Lipinski definition) is 4. The molecule has 2 N–H and O–H groups in total. The lowest BCUT2D eigenvalue weighted by atomic mass is 10.00. The van der Waals surface area contributed by atoms with Crippen molar-refractivity contribution in [3.05, 3.63) is 29.8 Å². The first-order valence-electron chi connectivity index (χ1n) is 7.91. The van der Waals surface area contributed by atoms with Crippen molar-refractivity contribution in [1.82, 2.24) is 10.2 Å². The summed E-state index contributed by atoms with van der Waals surface area (Å²) in [6.07, 6.45) is 0.642. The van der Waals surface area contributed by atoms with E-state index in [9.17, 15) is 9.59 Å². The molecule has 0 bridgehead atoms. The van der Waals surface area contributed by atoms with Crippen molar-refractivity contribution < 1.29 is 19.4 Å². The van der Waals surface area contributed by atoms with Gasteiger partial charge in [0.05, 0.1) is 6.61 Å². The average Bonchev–Trinajstić information content (AvgIpc) is 2.54. The smallest absolute Gasteiger partial charge is 0.261 e. The van der Waals surface area contributed by atoms with Crippen molar-refractivity contribution in [1.29, 1.82) is 0 Å². The number of amides is 2. The number of rotatable bonds is 6. The first kappa shape index (κ1) is 17.3. The van der Waals surface area contributed by atoms with Gasteiger partial charge >= 0.3 is 0 Å². The van der Waals surface area contributed by atoms with Crippen LogP contribution in [0.1, 0.15) is 25.8 Å². The normalized spacial score (nSPS) is 18.0. The van der Waals surface area contributed by atoms with E-state index in [1.165, 1.54) is 0 Å². The van der Waals surface area contributed by atoms with Crippen LogP contribution in [-0.2, 0) is 16.2 Å². The Balaban J connectivity index is 1.95. The minimum atomic E-state index is -0.420. The lowest BCUT2D eigenvalue weighted by Crippen LogP contribution is -2.58. The maximum Gasteiger partial charge on any atom is 0.261 e. The van der Waals surface area contributed by atoms with Gasteiger partial charge in [-0.3, -0.25) is 9.59 Å². The summed E-state index contributed by atoms with van der Waals surface area (Å²) in [4.78, 5) is 26.0. The Bertz CT molecular complexity index is 542. The minimum absolute atomic E-state index is 0.0288. The van der Waals surface area contributed by atoms with E-state index in [0.717, 1.165) is 5.56 Å². The highest BCUT2D eigenvalue weighted by atomic mass is 16.5. The van der Waals surface area contributed by atoms with E-state index in [0.29, 0.717) is 31.2 Å². The van der Waals surface area contributed by atoms with E-state index in [1.54, 1.807) is 29.2 Å². The van der Waals surface area contributed by atoms with Crippen LogP contribution in [-0.4, -0.2) is 47.6 Å². The predicted molar refractivity (Wildman–Crippen MR) is 85.8 cm³/mol. The maximum atomic E-state index is 12.4. The van der Waals surface area contributed by atoms with Gasteiger partial charge in [-0.15, -0.1) is 0 Å². The number of aliphatic hydroxyl groups is 1. The number of aliphatic hydroxyl groups excluding tert-OH is 1. The molecule has 0 radical (unpaired) electrons. The quantitative estimate of drug-likeness (QED) is 0.817. The van der Waals surface area contributed by atoms with Gasteiger partial charge < -0.3 is 20.1 Å². The van der Waals surface area contributed by atoms with E-state index in [1.807, 2.05) is 13.8 Å². The van der Waals surface area contributed by atoms with Crippen molar-refractivity contribution in [3.63, 3.8) is 0 Å². The van der Waals surface area contributed by atoms with Crippen LogP contribution in [0.5, 0.6) is 5.75 Å². The molecule has 1 heterocycles. The molecule has 1 aliphatic rings. The van der Waals surface area contributed by atoms with Gasteiger partial charge in [-0.1, -0.05) is 26.0 Å². The lowest BCUT2D eigenvalue weighted by Gasteiger charge is -2.35. The number of nitrogens with one attached hydrogen (secondary N) is 1. The van der Waals surface area contributed by atoms with Crippen LogP contribution >= 0.6 is 0 Å². The first-order chi connectivity index (χ1) is 11.0. The fraction of sp³-hybridized carbons (Fsp3) is 0.529. The van der Waals surface area contributed by atoms with Crippen molar-refractivity contribution in [2.45, 2.75) is 32.9 Å². The lowest BCUT2D eigenvalue weighted by molar-refractivity contribution is -0.145. The molecule has 1 fully saturated rings. The van der Waals surface area contributed by atoms with Gasteiger partial charge in [0.1, 0.15) is 11.8 Å². The highest BCUT2D eigenvalue weighted by Gasteiger charge is 2.33. The molecule has 1 aromatic rings. The molecular formula is C17H24N2O4. The number of carbonyl (C=O) groups is 2. The predicted octanol–water partition coefficient (Wildman–Crippen LogP) is 0.931. The van der Waals surface area contributed by atoms with Gasteiger partial charge in [0.15, 0.2) is 6.61 Å². The second-order valence-corrected chi connectivity index (χ2v) is 6.11. The fourth-order valence-corrected chi connectivity index (χ4v) is 2.61. The SMILES string of the molecule is CC(C)C[C@H]1C(=O)NCCN1C(=O)COc1ccc(CO)cc1. The third-order valence-electron chi connectivity index (χ3n) is 3.81. The highest BCUT2D eigenvalue weighted by Crippen LogP contribution is 2.16. The summed E-state index contributed by atoms with van der Waals surface area (Å²) in [5, 5.41) is 11.8. The third-order valence-corrected chi connectivity index (χ3v) is 3.81. The Morgan fingerprint density at radius 1 is 1.39 bits per heavy atom. The molecule has 0 aliphatic carbocycles. The van der Waals surface area contributed by atoms with E-state index >= 15 is 0 Å². The van der Waals surface area contributed by atoms with Crippen molar-refractivity contribution in [2.75, 3.05) is 19.7 Å². The molecule has 0 aromatic heterocycles. The second kappa shape index (κ2) is 7.97. The molecule has 1 saturated heterocycles. The molecule has 6 nitrogen and oxygen atoms in total. The fourth-order valence-electron chi connectivity index (χ4n) is 2.61. The highest BCUT2D eigenvalue weighted by molar-refractivity contribution is 5.89. The van der Waals surface area contributed by atoms with E-state index in [4.69, 9.17) is 9.84 Å². The van der Waals surface area contributed by atoms with E-state index < -0.39 is 6.04 Å². The molecule has 126 valence electrons. The zero-order valence-electron chi connectivity index (χ0n) is 13.6. The molecule has 6 heteroatoms. The van der Waals surface area contributed by atoms with E-state index in [2.05, 4.69) is 5.32 Å².